The molecule has 112 valence electrons. The quantitative estimate of drug-likeness (QED) is 0.747. The third kappa shape index (κ3) is 3.48. The van der Waals surface area contributed by atoms with Crippen molar-refractivity contribution in [3.63, 3.8) is 0 Å². The van der Waals surface area contributed by atoms with Crippen molar-refractivity contribution in [3.8, 4) is 17.0 Å². The van der Waals surface area contributed by atoms with Gasteiger partial charge in [-0.25, -0.2) is 0 Å². The van der Waals surface area contributed by atoms with Crippen LogP contribution in [-0.4, -0.2) is 18.5 Å². The molecule has 0 saturated heterocycles. The smallest absolute Gasteiger partial charge is 0.265 e. The molecule has 0 aliphatic carbocycles. The van der Waals surface area contributed by atoms with Crippen molar-refractivity contribution in [2.45, 2.75) is 13.5 Å². The van der Waals surface area contributed by atoms with Crippen molar-refractivity contribution < 1.29 is 9.47 Å². The predicted octanol–water partition coefficient (Wildman–Crippen LogP) is 3.93. The number of nitrogens with zero attached hydrogens (tertiary/aromatic N) is 1. The molecule has 0 aliphatic rings. The molecule has 1 aromatic heterocycles. The first-order chi connectivity index (χ1) is 10.1. The minimum Gasteiger partial charge on any atom is -0.468 e. The molecule has 0 radical (unpaired) electrons. The van der Waals surface area contributed by atoms with E-state index >= 15 is 0 Å². The Balaban J connectivity index is 2.48. The van der Waals surface area contributed by atoms with Gasteiger partial charge in [0.2, 0.25) is 0 Å². The van der Waals surface area contributed by atoms with Gasteiger partial charge >= 0.3 is 0 Å². The molecule has 0 amide bonds. The summed E-state index contributed by atoms with van der Waals surface area (Å²) in [5.41, 5.74) is 1.48. The van der Waals surface area contributed by atoms with E-state index in [4.69, 9.17) is 21.1 Å². The van der Waals surface area contributed by atoms with E-state index in [-0.39, 0.29) is 12.4 Å². The van der Waals surface area contributed by atoms with Crippen LogP contribution in [0.15, 0.2) is 39.6 Å². The Morgan fingerprint density at radius 2 is 2.05 bits per heavy atom. The molecule has 0 spiro atoms. The average molecular weight is 373 g/mol. The van der Waals surface area contributed by atoms with Gasteiger partial charge in [-0.3, -0.25) is 4.79 Å². The summed E-state index contributed by atoms with van der Waals surface area (Å²) in [5, 5.41) is 0.521. The van der Waals surface area contributed by atoms with Gasteiger partial charge in [0.25, 0.3) is 5.56 Å². The molecule has 2 rings (SSSR count). The number of hydrogen-bond acceptors (Lipinski definition) is 3. The third-order valence-electron chi connectivity index (χ3n) is 3.00. The maximum Gasteiger partial charge on any atom is 0.265 e. The average Bonchev–Trinajstić information content (AvgIpc) is 2.48. The molecule has 0 unspecified atom stereocenters. The van der Waals surface area contributed by atoms with E-state index in [9.17, 15) is 4.79 Å². The predicted molar refractivity (Wildman–Crippen MR) is 87.0 cm³/mol. The number of pyridine rings is 1. The van der Waals surface area contributed by atoms with E-state index in [2.05, 4.69) is 15.9 Å². The van der Waals surface area contributed by atoms with Crippen LogP contribution >= 0.6 is 27.5 Å². The number of benzene rings is 1. The minimum atomic E-state index is -0.0780. The molecule has 0 saturated carbocycles. The number of hydrogen-bond donors (Lipinski definition) is 0. The summed E-state index contributed by atoms with van der Waals surface area (Å²) >= 11 is 9.57. The first kappa shape index (κ1) is 16.1. The van der Waals surface area contributed by atoms with E-state index in [1.807, 2.05) is 19.1 Å². The Morgan fingerprint density at radius 3 is 2.67 bits per heavy atom. The van der Waals surface area contributed by atoms with Gasteiger partial charge in [0, 0.05) is 19.2 Å². The van der Waals surface area contributed by atoms with Gasteiger partial charge in [-0.15, -0.1) is 0 Å². The highest BCUT2D eigenvalue weighted by Gasteiger charge is 2.11. The lowest BCUT2D eigenvalue weighted by Crippen LogP contribution is -2.21. The highest BCUT2D eigenvalue weighted by molar-refractivity contribution is 9.10. The molecule has 2 aromatic rings. The Kier molecular flexibility index (Phi) is 5.45. The Morgan fingerprint density at radius 1 is 1.29 bits per heavy atom. The van der Waals surface area contributed by atoms with Gasteiger partial charge in [0.1, 0.15) is 5.75 Å². The molecule has 21 heavy (non-hydrogen) atoms. The van der Waals surface area contributed by atoms with E-state index in [1.165, 1.54) is 0 Å². The summed E-state index contributed by atoms with van der Waals surface area (Å²) in [6, 6.07) is 8.94. The number of rotatable bonds is 5. The van der Waals surface area contributed by atoms with Crippen molar-refractivity contribution in [3.05, 3.63) is 50.2 Å². The van der Waals surface area contributed by atoms with Crippen LogP contribution in [0.2, 0.25) is 5.02 Å². The minimum absolute atomic E-state index is 0.0780. The lowest BCUT2D eigenvalue weighted by molar-refractivity contribution is 0.0511. The second-order valence-corrected chi connectivity index (χ2v) is 5.57. The summed E-state index contributed by atoms with van der Waals surface area (Å²) in [6.45, 7) is 2.64. The van der Waals surface area contributed by atoms with Crippen LogP contribution in [-0.2, 0) is 11.3 Å². The zero-order valence-electron chi connectivity index (χ0n) is 11.7. The molecule has 1 aromatic carbocycles. The molecule has 4 nitrogen and oxygen atoms in total. The third-order valence-corrected chi connectivity index (χ3v) is 3.92. The molecule has 0 fully saturated rings. The van der Waals surface area contributed by atoms with Gasteiger partial charge in [-0.1, -0.05) is 11.6 Å². The van der Waals surface area contributed by atoms with E-state index in [0.717, 1.165) is 11.3 Å². The Labute approximate surface area is 136 Å². The van der Waals surface area contributed by atoms with Crippen LogP contribution in [0.25, 0.3) is 11.3 Å². The second-order valence-electron chi connectivity index (χ2n) is 4.31. The Hall–Kier alpha value is -1.30. The van der Waals surface area contributed by atoms with Crippen LogP contribution in [0, 0.1) is 0 Å². The van der Waals surface area contributed by atoms with Crippen molar-refractivity contribution in [2.75, 3.05) is 13.9 Å². The molecular weight excluding hydrogens is 358 g/mol. The van der Waals surface area contributed by atoms with Crippen molar-refractivity contribution in [1.82, 2.24) is 4.57 Å². The first-order valence-corrected chi connectivity index (χ1v) is 7.56. The number of ether oxygens (including phenoxy) is 2. The largest absolute Gasteiger partial charge is 0.468 e. The summed E-state index contributed by atoms with van der Waals surface area (Å²) in [5.74, 6) is 0.619. The van der Waals surface area contributed by atoms with Crippen molar-refractivity contribution in [1.29, 1.82) is 0 Å². The van der Waals surface area contributed by atoms with Crippen molar-refractivity contribution >= 4 is 27.5 Å². The fourth-order valence-electron chi connectivity index (χ4n) is 2.02. The van der Waals surface area contributed by atoms with E-state index in [1.54, 1.807) is 29.9 Å². The monoisotopic (exact) mass is 371 g/mol. The van der Waals surface area contributed by atoms with Crippen molar-refractivity contribution in [2.24, 2.45) is 0 Å². The fraction of sp³-hybridized carbons (Fsp3) is 0.267. The van der Waals surface area contributed by atoms with Gasteiger partial charge in [-0.05, 0) is 53.2 Å². The molecule has 6 heteroatoms. The zero-order chi connectivity index (χ0) is 15.4. The molecule has 0 aliphatic heterocycles. The van der Waals surface area contributed by atoms with Gasteiger partial charge in [-0.2, -0.15) is 0 Å². The SMILES string of the molecule is CCn1c(-c2ccc(OCOC)cc2Cl)ccc(Br)c1=O. The van der Waals surface area contributed by atoms with Crippen LogP contribution in [0.5, 0.6) is 5.75 Å². The van der Waals surface area contributed by atoms with Crippen LogP contribution < -0.4 is 10.3 Å². The number of halogens is 2. The number of methoxy groups -OCH3 is 1. The van der Waals surface area contributed by atoms with E-state index in [0.29, 0.717) is 21.8 Å². The summed E-state index contributed by atoms with van der Waals surface area (Å²) in [4.78, 5) is 12.1. The topological polar surface area (TPSA) is 40.5 Å². The highest BCUT2D eigenvalue weighted by atomic mass is 79.9. The molecule has 0 bridgehead atoms. The molecule has 0 atom stereocenters. The lowest BCUT2D eigenvalue weighted by Gasteiger charge is -2.14. The first-order valence-electron chi connectivity index (χ1n) is 6.39. The second kappa shape index (κ2) is 7.11. The summed E-state index contributed by atoms with van der Waals surface area (Å²) in [7, 11) is 1.55. The lowest BCUT2D eigenvalue weighted by atomic mass is 10.1. The highest BCUT2D eigenvalue weighted by Crippen LogP contribution is 2.31. The summed E-state index contributed by atoms with van der Waals surface area (Å²) in [6.07, 6.45) is 0. The van der Waals surface area contributed by atoms with E-state index < -0.39 is 0 Å². The normalized spacial score (nSPS) is 10.7. The molecular formula is C15H15BrClNO3. The van der Waals surface area contributed by atoms with Crippen LogP contribution in [0.3, 0.4) is 0 Å². The standard InChI is InChI=1S/C15H15BrClNO3/c1-3-18-14(7-6-12(16)15(18)19)11-5-4-10(8-13(11)17)21-9-20-2/h4-8H,3,9H2,1-2H3. The van der Waals surface area contributed by atoms with Gasteiger partial charge < -0.3 is 14.0 Å². The fourth-order valence-corrected chi connectivity index (χ4v) is 2.63. The summed E-state index contributed by atoms with van der Waals surface area (Å²) < 4.78 is 12.4. The maximum atomic E-state index is 12.1. The zero-order valence-corrected chi connectivity index (χ0v) is 14.1. The molecule has 1 heterocycles. The molecule has 0 N–H and O–H groups in total. The maximum absolute atomic E-state index is 12.1. The van der Waals surface area contributed by atoms with Gasteiger partial charge in [0.05, 0.1) is 15.2 Å². The van der Waals surface area contributed by atoms with Crippen LogP contribution in [0.4, 0.5) is 0 Å². The van der Waals surface area contributed by atoms with Gasteiger partial charge in [0.15, 0.2) is 6.79 Å². The number of aromatic nitrogens is 1. The van der Waals surface area contributed by atoms with Crippen LogP contribution in [0.1, 0.15) is 6.92 Å². The Bertz CT molecular complexity index is 700.